The maximum absolute atomic E-state index is 12.4. The molecule has 0 saturated heterocycles. The van der Waals surface area contributed by atoms with E-state index in [1.54, 1.807) is 43.3 Å². The zero-order valence-electron chi connectivity index (χ0n) is 12.1. The molecule has 0 spiro atoms. The van der Waals surface area contributed by atoms with E-state index < -0.39 is 5.97 Å². The van der Waals surface area contributed by atoms with Gasteiger partial charge in [-0.1, -0.05) is 36.4 Å². The van der Waals surface area contributed by atoms with Gasteiger partial charge in [-0.2, -0.15) is 5.06 Å². The van der Waals surface area contributed by atoms with Gasteiger partial charge in [0.25, 0.3) is 5.91 Å². The van der Waals surface area contributed by atoms with Crippen LogP contribution in [0.5, 0.6) is 0 Å². The fourth-order valence-electron chi connectivity index (χ4n) is 1.92. The SMILES string of the molecule is CCN(OC(=O)c1ccccc1)C(=O)c1ccccc1C. The van der Waals surface area contributed by atoms with E-state index in [4.69, 9.17) is 4.84 Å². The summed E-state index contributed by atoms with van der Waals surface area (Å²) in [6.45, 7) is 3.89. The monoisotopic (exact) mass is 283 g/mol. The van der Waals surface area contributed by atoms with Crippen LogP contribution >= 0.6 is 0 Å². The van der Waals surface area contributed by atoms with Gasteiger partial charge in [-0.05, 0) is 37.6 Å². The van der Waals surface area contributed by atoms with E-state index in [2.05, 4.69) is 0 Å². The van der Waals surface area contributed by atoms with Crippen LogP contribution < -0.4 is 0 Å². The number of nitrogens with zero attached hydrogens (tertiary/aromatic N) is 1. The number of carbonyl (C=O) groups is 2. The van der Waals surface area contributed by atoms with Crippen molar-refractivity contribution in [3.05, 3.63) is 71.3 Å². The van der Waals surface area contributed by atoms with Gasteiger partial charge in [-0.25, -0.2) is 4.79 Å². The van der Waals surface area contributed by atoms with Gasteiger partial charge in [0.2, 0.25) is 0 Å². The molecule has 4 nitrogen and oxygen atoms in total. The van der Waals surface area contributed by atoms with Gasteiger partial charge in [0.15, 0.2) is 0 Å². The Morgan fingerprint density at radius 3 is 2.24 bits per heavy atom. The van der Waals surface area contributed by atoms with Crippen molar-refractivity contribution in [1.82, 2.24) is 5.06 Å². The second kappa shape index (κ2) is 6.70. The molecule has 2 aromatic rings. The molecule has 21 heavy (non-hydrogen) atoms. The average molecular weight is 283 g/mol. The summed E-state index contributed by atoms with van der Waals surface area (Å²) in [5.41, 5.74) is 1.78. The lowest BCUT2D eigenvalue weighted by atomic mass is 10.1. The van der Waals surface area contributed by atoms with Gasteiger partial charge < -0.3 is 4.84 Å². The molecule has 2 aromatic carbocycles. The van der Waals surface area contributed by atoms with Gasteiger partial charge in [-0.15, -0.1) is 0 Å². The highest BCUT2D eigenvalue weighted by atomic mass is 16.7. The number of hydrogen-bond donors (Lipinski definition) is 0. The summed E-state index contributed by atoms with van der Waals surface area (Å²) in [6.07, 6.45) is 0. The molecule has 0 aliphatic carbocycles. The van der Waals surface area contributed by atoms with Crippen molar-refractivity contribution in [3.8, 4) is 0 Å². The zero-order chi connectivity index (χ0) is 15.2. The molecule has 0 unspecified atom stereocenters. The number of amides is 1. The Bertz CT molecular complexity index is 637. The maximum Gasteiger partial charge on any atom is 0.363 e. The molecule has 0 radical (unpaired) electrons. The van der Waals surface area contributed by atoms with Crippen LogP contribution in [0, 0.1) is 6.92 Å². The predicted molar refractivity (Wildman–Crippen MR) is 79.7 cm³/mol. The van der Waals surface area contributed by atoms with E-state index in [9.17, 15) is 9.59 Å². The number of benzene rings is 2. The second-order valence-corrected chi connectivity index (χ2v) is 4.56. The quantitative estimate of drug-likeness (QED) is 0.812. The highest BCUT2D eigenvalue weighted by Gasteiger charge is 2.20. The van der Waals surface area contributed by atoms with E-state index >= 15 is 0 Å². The van der Waals surface area contributed by atoms with Crippen molar-refractivity contribution in [3.63, 3.8) is 0 Å². The lowest BCUT2D eigenvalue weighted by Gasteiger charge is -2.20. The van der Waals surface area contributed by atoms with Crippen LogP contribution in [-0.4, -0.2) is 23.5 Å². The Labute approximate surface area is 123 Å². The van der Waals surface area contributed by atoms with E-state index in [0.717, 1.165) is 10.6 Å². The van der Waals surface area contributed by atoms with Gasteiger partial charge in [0.1, 0.15) is 0 Å². The first-order valence-electron chi connectivity index (χ1n) is 6.78. The molecule has 0 aliphatic heterocycles. The summed E-state index contributed by atoms with van der Waals surface area (Å²) in [7, 11) is 0. The van der Waals surface area contributed by atoms with E-state index in [0.29, 0.717) is 11.1 Å². The molecule has 0 aliphatic rings. The number of hydrogen-bond acceptors (Lipinski definition) is 3. The van der Waals surface area contributed by atoms with E-state index in [-0.39, 0.29) is 12.5 Å². The lowest BCUT2D eigenvalue weighted by molar-refractivity contribution is -0.0786. The van der Waals surface area contributed by atoms with Gasteiger partial charge >= 0.3 is 5.97 Å². The van der Waals surface area contributed by atoms with Gasteiger partial charge in [-0.3, -0.25) is 4.79 Å². The van der Waals surface area contributed by atoms with Gasteiger partial charge in [0, 0.05) is 5.56 Å². The summed E-state index contributed by atoms with van der Waals surface area (Å²) in [4.78, 5) is 29.6. The van der Waals surface area contributed by atoms with Crippen molar-refractivity contribution in [1.29, 1.82) is 0 Å². The van der Waals surface area contributed by atoms with Crippen molar-refractivity contribution in [2.24, 2.45) is 0 Å². The third-order valence-corrected chi connectivity index (χ3v) is 3.09. The van der Waals surface area contributed by atoms with Crippen LogP contribution in [0.25, 0.3) is 0 Å². The summed E-state index contributed by atoms with van der Waals surface area (Å²) in [6, 6.07) is 15.8. The van der Waals surface area contributed by atoms with E-state index in [1.165, 1.54) is 0 Å². The predicted octanol–water partition coefficient (Wildman–Crippen LogP) is 3.23. The van der Waals surface area contributed by atoms with Crippen LogP contribution in [0.4, 0.5) is 0 Å². The summed E-state index contributed by atoms with van der Waals surface area (Å²) >= 11 is 0. The standard InChI is InChI=1S/C17H17NO3/c1-3-18(16(19)15-12-8-7-9-13(15)2)21-17(20)14-10-5-4-6-11-14/h4-12H,3H2,1-2H3. The maximum atomic E-state index is 12.4. The van der Waals surface area contributed by atoms with Crippen LogP contribution in [-0.2, 0) is 4.84 Å². The molecule has 1 amide bonds. The molecule has 0 atom stereocenters. The molecular weight excluding hydrogens is 266 g/mol. The minimum Gasteiger partial charge on any atom is -0.332 e. The van der Waals surface area contributed by atoms with Crippen LogP contribution in [0.15, 0.2) is 54.6 Å². The molecule has 0 N–H and O–H groups in total. The van der Waals surface area contributed by atoms with Crippen molar-refractivity contribution in [2.45, 2.75) is 13.8 Å². The number of carbonyl (C=O) groups excluding carboxylic acids is 2. The summed E-state index contributed by atoms with van der Waals surface area (Å²) in [5.74, 6) is -0.862. The van der Waals surface area contributed by atoms with Crippen molar-refractivity contribution < 1.29 is 14.4 Å². The largest absolute Gasteiger partial charge is 0.363 e. The van der Waals surface area contributed by atoms with E-state index in [1.807, 2.05) is 25.1 Å². The summed E-state index contributed by atoms with van der Waals surface area (Å²) in [5, 5.41) is 1.08. The minimum atomic E-state index is -0.542. The number of hydroxylamine groups is 2. The fraction of sp³-hybridized carbons (Fsp3) is 0.176. The zero-order valence-corrected chi connectivity index (χ0v) is 12.1. The second-order valence-electron chi connectivity index (χ2n) is 4.56. The van der Waals surface area contributed by atoms with Crippen LogP contribution in [0.3, 0.4) is 0 Å². The third kappa shape index (κ3) is 3.48. The Kier molecular flexibility index (Phi) is 4.72. The van der Waals surface area contributed by atoms with Gasteiger partial charge in [0.05, 0.1) is 12.1 Å². The molecular formula is C17H17NO3. The molecule has 108 valence electrons. The Balaban J connectivity index is 2.15. The minimum absolute atomic E-state index is 0.283. The topological polar surface area (TPSA) is 46.6 Å². The normalized spacial score (nSPS) is 10.0. The van der Waals surface area contributed by atoms with Crippen molar-refractivity contribution in [2.75, 3.05) is 6.54 Å². The first kappa shape index (κ1) is 14.8. The highest BCUT2D eigenvalue weighted by Crippen LogP contribution is 2.12. The molecule has 0 saturated carbocycles. The third-order valence-electron chi connectivity index (χ3n) is 3.09. The molecule has 0 aromatic heterocycles. The van der Waals surface area contributed by atoms with Crippen molar-refractivity contribution >= 4 is 11.9 Å². The lowest BCUT2D eigenvalue weighted by Crippen LogP contribution is -2.33. The molecule has 0 fully saturated rings. The fourth-order valence-corrected chi connectivity index (χ4v) is 1.92. The summed E-state index contributed by atoms with van der Waals surface area (Å²) < 4.78 is 0. The molecule has 0 bridgehead atoms. The molecule has 0 heterocycles. The Morgan fingerprint density at radius 1 is 1.00 bits per heavy atom. The Morgan fingerprint density at radius 2 is 1.62 bits per heavy atom. The Hall–Kier alpha value is -2.62. The first-order valence-corrected chi connectivity index (χ1v) is 6.78. The van der Waals surface area contributed by atoms with Crippen LogP contribution in [0.1, 0.15) is 33.2 Å². The average Bonchev–Trinajstić information content (AvgIpc) is 2.53. The first-order chi connectivity index (χ1) is 10.1. The smallest absolute Gasteiger partial charge is 0.332 e. The number of aryl methyl sites for hydroxylation is 1. The molecule has 4 heteroatoms. The number of rotatable bonds is 3. The molecule has 2 rings (SSSR count). The highest BCUT2D eigenvalue weighted by molar-refractivity contribution is 5.97. The van der Waals surface area contributed by atoms with Crippen LogP contribution in [0.2, 0.25) is 0 Å².